The molecule has 1 heterocycles. The molecule has 2 aromatic carbocycles. The third kappa shape index (κ3) is 3.94. The van der Waals surface area contributed by atoms with Gasteiger partial charge in [0.1, 0.15) is 11.4 Å². The van der Waals surface area contributed by atoms with Gasteiger partial charge in [0.15, 0.2) is 0 Å². The van der Waals surface area contributed by atoms with Crippen molar-refractivity contribution in [2.24, 2.45) is 0 Å². The molecule has 1 aromatic heterocycles. The second-order valence-electron chi connectivity index (χ2n) is 5.92. The van der Waals surface area contributed by atoms with E-state index < -0.39 is 0 Å². The molecular formula is C19H19ClN2O2S. The number of rotatable bonds is 5. The van der Waals surface area contributed by atoms with Gasteiger partial charge >= 0.3 is 0 Å². The number of hydrogen-bond acceptors (Lipinski definition) is 3. The molecule has 4 nitrogen and oxygen atoms in total. The quantitative estimate of drug-likeness (QED) is 0.651. The van der Waals surface area contributed by atoms with Crippen LogP contribution in [0.3, 0.4) is 0 Å². The molecule has 0 saturated carbocycles. The molecule has 0 saturated heterocycles. The van der Waals surface area contributed by atoms with Gasteiger partial charge in [-0.3, -0.25) is 4.79 Å². The van der Waals surface area contributed by atoms with Crippen molar-refractivity contribution in [3.05, 3.63) is 53.2 Å². The molecule has 0 aliphatic rings. The van der Waals surface area contributed by atoms with E-state index in [2.05, 4.69) is 10.3 Å². The minimum atomic E-state index is -0.123. The summed E-state index contributed by atoms with van der Waals surface area (Å²) in [5.41, 5.74) is 1.42. The zero-order valence-corrected chi connectivity index (χ0v) is 15.8. The lowest BCUT2D eigenvalue weighted by Gasteiger charge is -2.09. The van der Waals surface area contributed by atoms with E-state index in [9.17, 15) is 4.79 Å². The fourth-order valence-electron chi connectivity index (χ4n) is 2.50. The van der Waals surface area contributed by atoms with Crippen molar-refractivity contribution in [3.63, 3.8) is 0 Å². The van der Waals surface area contributed by atoms with Gasteiger partial charge in [0.05, 0.1) is 17.5 Å². The number of fused-ring (bicyclic) bond motifs is 1. The molecular weight excluding hydrogens is 356 g/mol. The molecule has 3 aromatic rings. The fraction of sp³-hybridized carbons (Fsp3) is 0.211. The lowest BCUT2D eigenvalue weighted by molar-refractivity contribution is 0.0936. The van der Waals surface area contributed by atoms with E-state index in [1.807, 2.05) is 56.3 Å². The first-order valence-electron chi connectivity index (χ1n) is 7.92. The Morgan fingerprint density at radius 1 is 1.20 bits per heavy atom. The van der Waals surface area contributed by atoms with Crippen LogP contribution in [-0.2, 0) is 0 Å². The topological polar surface area (TPSA) is 54.1 Å². The van der Waals surface area contributed by atoms with E-state index in [-0.39, 0.29) is 11.9 Å². The fourth-order valence-corrected chi connectivity index (χ4v) is 3.67. The molecule has 0 unspecified atom stereocenters. The number of amides is 1. The van der Waals surface area contributed by atoms with E-state index >= 15 is 0 Å². The number of halogens is 1. The van der Waals surface area contributed by atoms with Crippen LogP contribution in [0.5, 0.6) is 5.75 Å². The molecule has 0 bridgehead atoms. The van der Waals surface area contributed by atoms with Crippen molar-refractivity contribution in [2.45, 2.75) is 29.7 Å². The van der Waals surface area contributed by atoms with Crippen LogP contribution in [0, 0.1) is 0 Å². The summed E-state index contributed by atoms with van der Waals surface area (Å²) < 4.78 is 5.29. The van der Waals surface area contributed by atoms with Crippen molar-refractivity contribution in [3.8, 4) is 5.75 Å². The average Bonchev–Trinajstić information content (AvgIpc) is 2.94. The Morgan fingerprint density at radius 3 is 2.56 bits per heavy atom. The van der Waals surface area contributed by atoms with Gasteiger partial charge in [0.25, 0.3) is 5.91 Å². The highest BCUT2D eigenvalue weighted by molar-refractivity contribution is 7.99. The summed E-state index contributed by atoms with van der Waals surface area (Å²) >= 11 is 7.50. The lowest BCUT2D eigenvalue weighted by atomic mass is 10.2. The highest BCUT2D eigenvalue weighted by Crippen LogP contribution is 2.38. The van der Waals surface area contributed by atoms with E-state index in [1.54, 1.807) is 7.11 Å². The van der Waals surface area contributed by atoms with E-state index in [0.29, 0.717) is 10.7 Å². The van der Waals surface area contributed by atoms with Crippen molar-refractivity contribution in [1.82, 2.24) is 10.3 Å². The highest BCUT2D eigenvalue weighted by atomic mass is 35.5. The Balaban J connectivity index is 2.08. The number of H-pyrrole nitrogens is 1. The van der Waals surface area contributed by atoms with Gasteiger partial charge in [-0.25, -0.2) is 0 Å². The average molecular weight is 375 g/mol. The summed E-state index contributed by atoms with van der Waals surface area (Å²) in [7, 11) is 1.62. The number of carbonyl (C=O) groups excluding carboxylic acids is 1. The minimum Gasteiger partial charge on any atom is -0.497 e. The second kappa shape index (κ2) is 7.42. The zero-order valence-electron chi connectivity index (χ0n) is 14.2. The first-order chi connectivity index (χ1) is 12.0. The molecule has 0 fully saturated rings. The summed E-state index contributed by atoms with van der Waals surface area (Å²) in [4.78, 5) is 17.8. The minimum absolute atomic E-state index is 0.0573. The first-order valence-corrected chi connectivity index (χ1v) is 9.11. The van der Waals surface area contributed by atoms with Crippen LogP contribution < -0.4 is 10.1 Å². The van der Waals surface area contributed by atoms with E-state index in [4.69, 9.17) is 16.3 Å². The van der Waals surface area contributed by atoms with Crippen molar-refractivity contribution >= 4 is 40.2 Å². The smallest absolute Gasteiger partial charge is 0.269 e. The number of benzene rings is 2. The van der Waals surface area contributed by atoms with Gasteiger partial charge in [-0.1, -0.05) is 23.4 Å². The maximum Gasteiger partial charge on any atom is 0.269 e. The van der Waals surface area contributed by atoms with Crippen LogP contribution in [0.2, 0.25) is 5.02 Å². The number of aromatic amines is 1. The molecule has 0 spiro atoms. The summed E-state index contributed by atoms with van der Waals surface area (Å²) in [6.45, 7) is 3.88. The standard InChI is InChI=1S/C19H19ClN2O2S/c1-11(2)21-19(23)17-18(25-14-7-4-12(20)5-8-14)15-9-6-13(24-3)10-16(15)22-17/h4-11,22H,1-3H3,(H,21,23). The number of aromatic nitrogens is 1. The van der Waals surface area contributed by atoms with E-state index in [0.717, 1.165) is 26.4 Å². The maximum absolute atomic E-state index is 12.6. The Morgan fingerprint density at radius 2 is 1.92 bits per heavy atom. The number of nitrogens with one attached hydrogen (secondary N) is 2. The molecule has 6 heteroatoms. The van der Waals surface area contributed by atoms with Crippen molar-refractivity contribution in [2.75, 3.05) is 7.11 Å². The number of ether oxygens (including phenoxy) is 1. The number of carbonyl (C=O) groups is 1. The van der Waals surface area contributed by atoms with Crippen LogP contribution in [0.25, 0.3) is 10.9 Å². The Labute approximate surface area is 155 Å². The van der Waals surface area contributed by atoms with Crippen LogP contribution in [0.4, 0.5) is 0 Å². The third-order valence-corrected chi connectivity index (χ3v) is 5.03. The van der Waals surface area contributed by atoms with Gasteiger partial charge in [-0.15, -0.1) is 0 Å². The largest absolute Gasteiger partial charge is 0.497 e. The van der Waals surface area contributed by atoms with Gasteiger partial charge in [-0.05, 0) is 50.2 Å². The van der Waals surface area contributed by atoms with Crippen LogP contribution in [0.15, 0.2) is 52.3 Å². The summed E-state index contributed by atoms with van der Waals surface area (Å²) in [6, 6.07) is 13.4. The van der Waals surface area contributed by atoms with E-state index in [1.165, 1.54) is 11.8 Å². The van der Waals surface area contributed by atoms with Gasteiger partial charge in [0.2, 0.25) is 0 Å². The van der Waals surface area contributed by atoms with Gasteiger partial charge in [0, 0.05) is 27.4 Å². The van der Waals surface area contributed by atoms with Crippen LogP contribution >= 0.6 is 23.4 Å². The zero-order chi connectivity index (χ0) is 18.0. The first kappa shape index (κ1) is 17.7. The summed E-state index contributed by atoms with van der Waals surface area (Å²) in [5, 5.41) is 4.62. The van der Waals surface area contributed by atoms with Gasteiger partial charge in [-0.2, -0.15) is 0 Å². The normalized spacial score (nSPS) is 11.1. The van der Waals surface area contributed by atoms with Crippen LogP contribution in [-0.4, -0.2) is 24.0 Å². The molecule has 25 heavy (non-hydrogen) atoms. The highest BCUT2D eigenvalue weighted by Gasteiger charge is 2.20. The molecule has 0 aliphatic carbocycles. The molecule has 1 amide bonds. The Kier molecular flexibility index (Phi) is 5.25. The number of hydrogen-bond donors (Lipinski definition) is 2. The molecule has 0 atom stereocenters. The lowest BCUT2D eigenvalue weighted by Crippen LogP contribution is -2.30. The predicted molar refractivity (Wildman–Crippen MR) is 103 cm³/mol. The Bertz CT molecular complexity index is 904. The van der Waals surface area contributed by atoms with Gasteiger partial charge < -0.3 is 15.0 Å². The second-order valence-corrected chi connectivity index (χ2v) is 7.44. The summed E-state index contributed by atoms with van der Waals surface area (Å²) in [6.07, 6.45) is 0. The maximum atomic E-state index is 12.6. The molecule has 0 aliphatic heterocycles. The Hall–Kier alpha value is -2.11. The van der Waals surface area contributed by atoms with Crippen LogP contribution in [0.1, 0.15) is 24.3 Å². The summed E-state index contributed by atoms with van der Waals surface area (Å²) in [5.74, 6) is 0.620. The predicted octanol–water partition coefficient (Wildman–Crippen LogP) is 5.12. The monoisotopic (exact) mass is 374 g/mol. The molecule has 130 valence electrons. The van der Waals surface area contributed by atoms with Crippen molar-refractivity contribution < 1.29 is 9.53 Å². The molecule has 3 rings (SSSR count). The third-order valence-electron chi connectivity index (χ3n) is 3.64. The van der Waals surface area contributed by atoms with Crippen molar-refractivity contribution in [1.29, 1.82) is 0 Å². The number of methoxy groups -OCH3 is 1. The SMILES string of the molecule is COc1ccc2c(Sc3ccc(Cl)cc3)c(C(=O)NC(C)C)[nH]c2c1. The molecule has 0 radical (unpaired) electrons. The molecule has 2 N–H and O–H groups in total.